The van der Waals surface area contributed by atoms with E-state index in [1.807, 2.05) is 22.4 Å². The molecule has 0 spiro atoms. The van der Waals surface area contributed by atoms with E-state index in [-0.39, 0.29) is 17.9 Å². The predicted molar refractivity (Wildman–Crippen MR) is 88.6 cm³/mol. The van der Waals surface area contributed by atoms with Crippen LogP contribution in [0.5, 0.6) is 0 Å². The maximum absolute atomic E-state index is 12.3. The van der Waals surface area contributed by atoms with Crippen LogP contribution in [-0.2, 0) is 9.53 Å². The number of amides is 2. The molecule has 1 N–H and O–H groups in total. The zero-order valence-electron chi connectivity index (χ0n) is 13.2. The number of thiophene rings is 1. The third kappa shape index (κ3) is 4.53. The fourth-order valence-corrected chi connectivity index (χ4v) is 3.65. The summed E-state index contributed by atoms with van der Waals surface area (Å²) in [6.07, 6.45) is 2.30. The van der Waals surface area contributed by atoms with E-state index in [9.17, 15) is 9.59 Å². The first-order chi connectivity index (χ1) is 11.2. The van der Waals surface area contributed by atoms with Crippen LogP contribution in [0.3, 0.4) is 0 Å². The summed E-state index contributed by atoms with van der Waals surface area (Å²) in [6, 6.07) is 3.75. The Kier molecular flexibility index (Phi) is 5.64. The van der Waals surface area contributed by atoms with Crippen LogP contribution in [0.25, 0.3) is 0 Å². The Morgan fingerprint density at radius 1 is 1.30 bits per heavy atom. The monoisotopic (exact) mass is 337 g/mol. The molecule has 2 amide bonds. The van der Waals surface area contributed by atoms with E-state index >= 15 is 0 Å². The normalized spacial score (nSPS) is 22.3. The molecule has 3 rings (SSSR count). The molecule has 1 aromatic rings. The summed E-state index contributed by atoms with van der Waals surface area (Å²) >= 11 is 1.47. The van der Waals surface area contributed by atoms with Crippen LogP contribution >= 0.6 is 11.3 Å². The molecule has 2 aliphatic rings. The van der Waals surface area contributed by atoms with E-state index in [2.05, 4.69) is 10.2 Å². The summed E-state index contributed by atoms with van der Waals surface area (Å²) in [5, 5.41) is 4.86. The van der Waals surface area contributed by atoms with Gasteiger partial charge in [0, 0.05) is 39.3 Å². The molecule has 2 saturated heterocycles. The van der Waals surface area contributed by atoms with Gasteiger partial charge in [0.1, 0.15) is 0 Å². The highest BCUT2D eigenvalue weighted by molar-refractivity contribution is 7.12. The van der Waals surface area contributed by atoms with Crippen molar-refractivity contribution in [1.82, 2.24) is 15.1 Å². The Morgan fingerprint density at radius 3 is 2.78 bits per heavy atom. The van der Waals surface area contributed by atoms with Gasteiger partial charge >= 0.3 is 0 Å². The minimum absolute atomic E-state index is 0.0403. The summed E-state index contributed by atoms with van der Waals surface area (Å²) in [7, 11) is 0. The smallest absolute Gasteiger partial charge is 0.264 e. The first-order valence-corrected chi connectivity index (χ1v) is 9.04. The molecule has 1 unspecified atom stereocenters. The van der Waals surface area contributed by atoms with E-state index in [0.717, 1.165) is 37.4 Å². The lowest BCUT2D eigenvalue weighted by Crippen LogP contribution is -2.51. The van der Waals surface area contributed by atoms with Crippen molar-refractivity contribution in [1.29, 1.82) is 0 Å². The topological polar surface area (TPSA) is 61.9 Å². The first kappa shape index (κ1) is 16.4. The first-order valence-electron chi connectivity index (χ1n) is 8.16. The molecule has 2 aliphatic heterocycles. The van der Waals surface area contributed by atoms with Gasteiger partial charge in [-0.3, -0.25) is 14.5 Å². The van der Waals surface area contributed by atoms with Gasteiger partial charge in [0.05, 0.1) is 17.5 Å². The molecule has 0 aromatic carbocycles. The van der Waals surface area contributed by atoms with Crippen molar-refractivity contribution in [2.75, 3.05) is 45.9 Å². The molecule has 3 heterocycles. The van der Waals surface area contributed by atoms with Gasteiger partial charge in [-0.05, 0) is 24.3 Å². The van der Waals surface area contributed by atoms with Crippen LogP contribution < -0.4 is 5.32 Å². The summed E-state index contributed by atoms with van der Waals surface area (Å²) < 4.78 is 5.50. The second-order valence-corrected chi connectivity index (χ2v) is 6.93. The molecule has 7 heteroatoms. The van der Waals surface area contributed by atoms with E-state index in [1.165, 1.54) is 11.3 Å². The standard InChI is InChI=1S/C16H23N3O3S/c20-15(17-11-13-3-1-9-22-13)12-18-5-7-19(8-6-18)16(21)14-4-2-10-23-14/h2,4,10,13H,1,3,5-9,11-12H2,(H,17,20). The van der Waals surface area contributed by atoms with E-state index < -0.39 is 0 Å². The molecule has 6 nitrogen and oxygen atoms in total. The fraction of sp³-hybridized carbons (Fsp3) is 0.625. The lowest BCUT2D eigenvalue weighted by Gasteiger charge is -2.34. The number of hydrogen-bond donors (Lipinski definition) is 1. The Balaban J connectivity index is 1.37. The number of carbonyl (C=O) groups is 2. The molecule has 0 saturated carbocycles. The van der Waals surface area contributed by atoms with Crippen LogP contribution in [0.4, 0.5) is 0 Å². The summed E-state index contributed by atoms with van der Waals surface area (Å²) in [5.41, 5.74) is 0. The SMILES string of the molecule is O=C(CN1CCN(C(=O)c2cccs2)CC1)NCC1CCCO1. The van der Waals surface area contributed by atoms with Crippen LogP contribution in [0.15, 0.2) is 17.5 Å². The number of nitrogens with zero attached hydrogens (tertiary/aromatic N) is 2. The van der Waals surface area contributed by atoms with Crippen molar-refractivity contribution in [3.8, 4) is 0 Å². The van der Waals surface area contributed by atoms with Crippen molar-refractivity contribution in [2.24, 2.45) is 0 Å². The van der Waals surface area contributed by atoms with Crippen molar-refractivity contribution in [3.63, 3.8) is 0 Å². The summed E-state index contributed by atoms with van der Waals surface area (Å²) in [5.74, 6) is 0.140. The Morgan fingerprint density at radius 2 is 2.13 bits per heavy atom. The zero-order valence-corrected chi connectivity index (χ0v) is 14.0. The molecule has 1 aromatic heterocycles. The van der Waals surface area contributed by atoms with Crippen molar-refractivity contribution < 1.29 is 14.3 Å². The van der Waals surface area contributed by atoms with Gasteiger partial charge in [0.15, 0.2) is 0 Å². The Labute approximate surface area is 140 Å². The largest absolute Gasteiger partial charge is 0.376 e. The Hall–Kier alpha value is -1.44. The van der Waals surface area contributed by atoms with Gasteiger partial charge in [-0.1, -0.05) is 6.07 Å². The molecule has 126 valence electrons. The number of ether oxygens (including phenoxy) is 1. The minimum atomic E-state index is 0.0403. The number of piperazine rings is 1. The highest BCUT2D eigenvalue weighted by Gasteiger charge is 2.24. The van der Waals surface area contributed by atoms with Crippen LogP contribution in [-0.4, -0.2) is 73.6 Å². The average Bonchev–Trinajstić information content (AvgIpc) is 3.26. The van der Waals surface area contributed by atoms with Gasteiger partial charge < -0.3 is 15.0 Å². The van der Waals surface area contributed by atoms with Crippen molar-refractivity contribution >= 4 is 23.2 Å². The second-order valence-electron chi connectivity index (χ2n) is 5.98. The molecule has 23 heavy (non-hydrogen) atoms. The van der Waals surface area contributed by atoms with Crippen LogP contribution in [0.1, 0.15) is 22.5 Å². The van der Waals surface area contributed by atoms with Gasteiger partial charge in [0.2, 0.25) is 5.91 Å². The summed E-state index contributed by atoms with van der Waals surface area (Å²) in [6.45, 7) is 4.64. The van der Waals surface area contributed by atoms with Crippen molar-refractivity contribution in [2.45, 2.75) is 18.9 Å². The highest BCUT2D eigenvalue weighted by atomic mass is 32.1. The minimum Gasteiger partial charge on any atom is -0.376 e. The van der Waals surface area contributed by atoms with Gasteiger partial charge in [-0.15, -0.1) is 11.3 Å². The Bertz CT molecular complexity index is 521. The molecular weight excluding hydrogens is 314 g/mol. The van der Waals surface area contributed by atoms with Gasteiger partial charge in [0.25, 0.3) is 5.91 Å². The average molecular weight is 337 g/mol. The van der Waals surface area contributed by atoms with Crippen molar-refractivity contribution in [3.05, 3.63) is 22.4 Å². The van der Waals surface area contributed by atoms with Crippen LogP contribution in [0.2, 0.25) is 0 Å². The lowest BCUT2D eigenvalue weighted by atomic mass is 10.2. The van der Waals surface area contributed by atoms with Gasteiger partial charge in [-0.25, -0.2) is 0 Å². The molecule has 0 aliphatic carbocycles. The molecular formula is C16H23N3O3S. The number of hydrogen-bond acceptors (Lipinski definition) is 5. The maximum atomic E-state index is 12.3. The van der Waals surface area contributed by atoms with Gasteiger partial charge in [-0.2, -0.15) is 0 Å². The van der Waals surface area contributed by atoms with E-state index in [0.29, 0.717) is 26.2 Å². The van der Waals surface area contributed by atoms with Crippen LogP contribution in [0, 0.1) is 0 Å². The molecule has 2 fully saturated rings. The molecule has 0 radical (unpaired) electrons. The zero-order chi connectivity index (χ0) is 16.1. The second kappa shape index (κ2) is 7.90. The number of carbonyl (C=O) groups excluding carboxylic acids is 2. The predicted octanol–water partition coefficient (Wildman–Crippen LogP) is 0.801. The molecule has 1 atom stereocenters. The number of rotatable bonds is 5. The lowest BCUT2D eigenvalue weighted by molar-refractivity contribution is -0.123. The maximum Gasteiger partial charge on any atom is 0.264 e. The third-order valence-corrected chi connectivity index (χ3v) is 5.17. The van der Waals surface area contributed by atoms with E-state index in [1.54, 1.807) is 0 Å². The quantitative estimate of drug-likeness (QED) is 0.863. The highest BCUT2D eigenvalue weighted by Crippen LogP contribution is 2.14. The fourth-order valence-electron chi connectivity index (χ4n) is 2.96. The third-order valence-electron chi connectivity index (χ3n) is 4.31. The number of nitrogens with one attached hydrogen (secondary N) is 1. The van der Waals surface area contributed by atoms with E-state index in [4.69, 9.17) is 4.74 Å². The summed E-state index contributed by atoms with van der Waals surface area (Å²) in [4.78, 5) is 29.0. The molecule has 0 bridgehead atoms.